The number of nitrogen functional groups attached to an aromatic ring is 1. The van der Waals surface area contributed by atoms with E-state index in [0.29, 0.717) is 20.9 Å². The van der Waals surface area contributed by atoms with Gasteiger partial charge in [-0.3, -0.25) is 4.72 Å². The zero-order valence-electron chi connectivity index (χ0n) is 9.60. The first kappa shape index (κ1) is 14.2. The van der Waals surface area contributed by atoms with E-state index in [1.165, 1.54) is 24.3 Å². The third-order valence-electron chi connectivity index (χ3n) is 2.37. The van der Waals surface area contributed by atoms with E-state index in [2.05, 4.69) is 20.7 Å². The summed E-state index contributed by atoms with van der Waals surface area (Å²) in [4.78, 5) is 0.142. The van der Waals surface area contributed by atoms with Gasteiger partial charge in [0, 0.05) is 15.2 Å². The maximum atomic E-state index is 12.1. The van der Waals surface area contributed by atoms with E-state index in [1.54, 1.807) is 18.2 Å². The highest BCUT2D eigenvalue weighted by molar-refractivity contribution is 9.10. The van der Waals surface area contributed by atoms with Gasteiger partial charge in [-0.15, -0.1) is 0 Å². The van der Waals surface area contributed by atoms with Crippen molar-refractivity contribution >= 4 is 48.9 Å². The van der Waals surface area contributed by atoms with Crippen LogP contribution in [0, 0.1) is 0 Å². The molecule has 2 rings (SSSR count). The van der Waals surface area contributed by atoms with Gasteiger partial charge in [-0.1, -0.05) is 11.6 Å². The molecule has 0 aliphatic heterocycles. The lowest BCUT2D eigenvalue weighted by Gasteiger charge is -2.10. The predicted octanol–water partition coefficient (Wildman–Crippen LogP) is 3.49. The van der Waals surface area contributed by atoms with Crippen LogP contribution in [-0.2, 0) is 10.0 Å². The SMILES string of the molecule is Nc1ccc(S(=O)(=O)Nc2ccc(Cl)cc2Br)cc1. The zero-order valence-corrected chi connectivity index (χ0v) is 12.8. The largest absolute Gasteiger partial charge is 0.399 e. The van der Waals surface area contributed by atoms with Crippen molar-refractivity contribution < 1.29 is 8.42 Å². The Labute approximate surface area is 124 Å². The summed E-state index contributed by atoms with van der Waals surface area (Å²) in [7, 11) is -3.64. The number of rotatable bonds is 3. The Morgan fingerprint density at radius 2 is 1.74 bits per heavy atom. The van der Waals surface area contributed by atoms with E-state index >= 15 is 0 Å². The molecule has 0 amide bonds. The fourth-order valence-electron chi connectivity index (χ4n) is 1.42. The lowest BCUT2D eigenvalue weighted by Crippen LogP contribution is -2.13. The molecular formula is C12H10BrClN2O2S. The molecule has 0 aromatic heterocycles. The van der Waals surface area contributed by atoms with Crippen LogP contribution in [0.3, 0.4) is 0 Å². The molecule has 100 valence electrons. The summed E-state index contributed by atoms with van der Waals surface area (Å²) < 4.78 is 27.3. The van der Waals surface area contributed by atoms with Crippen LogP contribution in [-0.4, -0.2) is 8.42 Å². The van der Waals surface area contributed by atoms with E-state index in [9.17, 15) is 8.42 Å². The molecule has 0 unspecified atom stereocenters. The Morgan fingerprint density at radius 3 is 2.32 bits per heavy atom. The van der Waals surface area contributed by atoms with Gasteiger partial charge in [-0.05, 0) is 58.4 Å². The van der Waals surface area contributed by atoms with Crippen LogP contribution in [0.15, 0.2) is 51.8 Å². The number of benzene rings is 2. The van der Waals surface area contributed by atoms with Crippen LogP contribution in [0.1, 0.15) is 0 Å². The van der Waals surface area contributed by atoms with Crippen molar-refractivity contribution in [2.24, 2.45) is 0 Å². The minimum Gasteiger partial charge on any atom is -0.399 e. The van der Waals surface area contributed by atoms with Crippen molar-refractivity contribution in [3.8, 4) is 0 Å². The molecule has 0 aliphatic carbocycles. The normalized spacial score (nSPS) is 11.3. The van der Waals surface area contributed by atoms with Gasteiger partial charge in [0.15, 0.2) is 0 Å². The minimum absolute atomic E-state index is 0.142. The van der Waals surface area contributed by atoms with E-state index in [1.807, 2.05) is 0 Å². The van der Waals surface area contributed by atoms with Crippen LogP contribution in [0.2, 0.25) is 5.02 Å². The molecule has 0 spiro atoms. The first-order chi connectivity index (χ1) is 8.88. The monoisotopic (exact) mass is 360 g/mol. The Kier molecular flexibility index (Phi) is 4.03. The topological polar surface area (TPSA) is 72.2 Å². The third-order valence-corrected chi connectivity index (χ3v) is 4.64. The predicted molar refractivity (Wildman–Crippen MR) is 80.8 cm³/mol. The molecule has 0 saturated carbocycles. The van der Waals surface area contributed by atoms with Crippen molar-refractivity contribution in [3.05, 3.63) is 52.0 Å². The van der Waals surface area contributed by atoms with Gasteiger partial charge < -0.3 is 5.73 Å². The molecule has 0 atom stereocenters. The Morgan fingerprint density at radius 1 is 1.11 bits per heavy atom. The van der Waals surface area contributed by atoms with E-state index < -0.39 is 10.0 Å². The minimum atomic E-state index is -3.64. The number of nitrogens with two attached hydrogens (primary N) is 1. The van der Waals surface area contributed by atoms with Gasteiger partial charge in [0.2, 0.25) is 0 Å². The Hall–Kier alpha value is -1.24. The smallest absolute Gasteiger partial charge is 0.261 e. The molecule has 0 aliphatic rings. The van der Waals surface area contributed by atoms with Gasteiger partial charge in [-0.25, -0.2) is 8.42 Å². The molecule has 0 saturated heterocycles. The molecule has 2 aromatic rings. The molecular weight excluding hydrogens is 352 g/mol. The first-order valence-corrected chi connectivity index (χ1v) is 7.87. The standard InChI is InChI=1S/C12H10BrClN2O2S/c13-11-7-8(14)1-6-12(11)16-19(17,18)10-4-2-9(15)3-5-10/h1-7,16H,15H2. The van der Waals surface area contributed by atoms with E-state index in [4.69, 9.17) is 17.3 Å². The van der Waals surface area contributed by atoms with Crippen molar-refractivity contribution in [2.75, 3.05) is 10.5 Å². The molecule has 0 bridgehead atoms. The summed E-state index contributed by atoms with van der Waals surface area (Å²) in [5.74, 6) is 0. The van der Waals surface area contributed by atoms with Crippen molar-refractivity contribution in [1.29, 1.82) is 0 Å². The van der Waals surface area contributed by atoms with Crippen molar-refractivity contribution in [3.63, 3.8) is 0 Å². The number of halogens is 2. The highest BCUT2D eigenvalue weighted by Gasteiger charge is 2.15. The second-order valence-corrected chi connectivity index (χ2v) is 6.77. The molecule has 2 aromatic carbocycles. The summed E-state index contributed by atoms with van der Waals surface area (Å²) in [5, 5.41) is 0.516. The second kappa shape index (κ2) is 5.40. The van der Waals surface area contributed by atoms with Crippen LogP contribution in [0.25, 0.3) is 0 Å². The van der Waals surface area contributed by atoms with Crippen LogP contribution >= 0.6 is 27.5 Å². The van der Waals surface area contributed by atoms with Gasteiger partial charge in [0.05, 0.1) is 10.6 Å². The molecule has 4 nitrogen and oxygen atoms in total. The summed E-state index contributed by atoms with van der Waals surface area (Å²) in [6, 6.07) is 10.8. The van der Waals surface area contributed by atoms with Crippen LogP contribution in [0.4, 0.5) is 11.4 Å². The third kappa shape index (κ3) is 3.40. The van der Waals surface area contributed by atoms with Gasteiger partial charge in [-0.2, -0.15) is 0 Å². The summed E-state index contributed by atoms with van der Waals surface area (Å²) in [6.07, 6.45) is 0. The number of nitrogens with one attached hydrogen (secondary N) is 1. The average molecular weight is 362 g/mol. The highest BCUT2D eigenvalue weighted by Crippen LogP contribution is 2.28. The van der Waals surface area contributed by atoms with Crippen molar-refractivity contribution in [2.45, 2.75) is 4.90 Å². The molecule has 0 heterocycles. The fourth-order valence-corrected chi connectivity index (χ4v) is 3.42. The number of sulfonamides is 1. The highest BCUT2D eigenvalue weighted by atomic mass is 79.9. The van der Waals surface area contributed by atoms with E-state index in [0.717, 1.165) is 0 Å². The summed E-state index contributed by atoms with van der Waals surface area (Å²) in [6.45, 7) is 0. The first-order valence-electron chi connectivity index (χ1n) is 5.22. The Balaban J connectivity index is 2.33. The summed E-state index contributed by atoms with van der Waals surface area (Å²) in [5.41, 5.74) is 6.45. The maximum Gasteiger partial charge on any atom is 0.261 e. The Bertz CT molecular complexity index is 702. The number of hydrogen-bond acceptors (Lipinski definition) is 3. The van der Waals surface area contributed by atoms with Gasteiger partial charge in [0.25, 0.3) is 10.0 Å². The molecule has 0 radical (unpaired) electrons. The van der Waals surface area contributed by atoms with Crippen LogP contribution < -0.4 is 10.5 Å². The number of anilines is 2. The zero-order chi connectivity index (χ0) is 14.0. The lowest BCUT2D eigenvalue weighted by molar-refractivity contribution is 0.601. The fraction of sp³-hybridized carbons (Fsp3) is 0. The van der Waals surface area contributed by atoms with Gasteiger partial charge in [0.1, 0.15) is 0 Å². The quantitative estimate of drug-likeness (QED) is 0.822. The molecule has 3 N–H and O–H groups in total. The van der Waals surface area contributed by atoms with Gasteiger partial charge >= 0.3 is 0 Å². The van der Waals surface area contributed by atoms with Crippen LogP contribution in [0.5, 0.6) is 0 Å². The summed E-state index contributed by atoms with van der Waals surface area (Å²) >= 11 is 9.05. The molecule has 0 fully saturated rings. The second-order valence-electron chi connectivity index (χ2n) is 3.80. The maximum absolute atomic E-state index is 12.1. The van der Waals surface area contributed by atoms with Crippen molar-refractivity contribution in [1.82, 2.24) is 0 Å². The lowest BCUT2D eigenvalue weighted by atomic mass is 10.3. The molecule has 7 heteroatoms. The average Bonchev–Trinajstić information content (AvgIpc) is 2.33. The van der Waals surface area contributed by atoms with E-state index in [-0.39, 0.29) is 4.90 Å². The number of hydrogen-bond donors (Lipinski definition) is 2. The molecule has 19 heavy (non-hydrogen) atoms.